The van der Waals surface area contributed by atoms with E-state index in [9.17, 15) is 4.79 Å². The van der Waals surface area contributed by atoms with E-state index in [0.717, 1.165) is 37.2 Å². The van der Waals surface area contributed by atoms with Crippen LogP contribution in [0, 0.1) is 0 Å². The maximum Gasteiger partial charge on any atom is 0.230 e. The lowest BCUT2D eigenvalue weighted by molar-refractivity contribution is -0.118. The number of para-hydroxylation sites is 2. The lowest BCUT2D eigenvalue weighted by Crippen LogP contribution is -2.31. The lowest BCUT2D eigenvalue weighted by Gasteiger charge is -2.21. The van der Waals surface area contributed by atoms with Crippen LogP contribution in [0.2, 0.25) is 0 Å². The standard InChI is InChI=1S/C14H20N2O2/c15-9-4-1-5-10-16-12-6-2-3-7-13(12)18-11-8-14(16)17/h2-3,6-7H,1,4-5,8-11,15H2. The number of benzene rings is 1. The number of hydrogen-bond acceptors (Lipinski definition) is 3. The van der Waals surface area contributed by atoms with Crippen molar-refractivity contribution < 1.29 is 9.53 Å². The van der Waals surface area contributed by atoms with Crippen LogP contribution in [0.1, 0.15) is 25.7 Å². The molecule has 0 unspecified atom stereocenters. The van der Waals surface area contributed by atoms with Crippen LogP contribution in [0.3, 0.4) is 0 Å². The minimum absolute atomic E-state index is 0.146. The van der Waals surface area contributed by atoms with E-state index in [0.29, 0.717) is 19.6 Å². The summed E-state index contributed by atoms with van der Waals surface area (Å²) in [6.07, 6.45) is 3.51. The highest BCUT2D eigenvalue weighted by molar-refractivity contribution is 5.95. The Labute approximate surface area is 108 Å². The Kier molecular flexibility index (Phi) is 4.59. The first-order chi connectivity index (χ1) is 8.83. The molecule has 0 fully saturated rings. The molecule has 4 nitrogen and oxygen atoms in total. The molecular formula is C14H20N2O2. The van der Waals surface area contributed by atoms with Gasteiger partial charge in [-0.3, -0.25) is 4.79 Å². The van der Waals surface area contributed by atoms with E-state index in [4.69, 9.17) is 10.5 Å². The number of unbranched alkanes of at least 4 members (excludes halogenated alkanes) is 2. The molecule has 2 N–H and O–H groups in total. The van der Waals surface area contributed by atoms with Crippen LogP contribution < -0.4 is 15.4 Å². The van der Waals surface area contributed by atoms with Gasteiger partial charge in [0.25, 0.3) is 0 Å². The number of rotatable bonds is 5. The molecule has 1 aliphatic rings. The summed E-state index contributed by atoms with van der Waals surface area (Å²) < 4.78 is 5.59. The van der Waals surface area contributed by atoms with E-state index in [1.807, 2.05) is 29.2 Å². The number of amides is 1. The van der Waals surface area contributed by atoms with E-state index in [1.54, 1.807) is 0 Å². The smallest absolute Gasteiger partial charge is 0.230 e. The Bertz CT molecular complexity index is 407. The minimum Gasteiger partial charge on any atom is -0.491 e. The maximum atomic E-state index is 12.1. The van der Waals surface area contributed by atoms with Crippen LogP contribution in [0.5, 0.6) is 5.75 Å². The summed E-state index contributed by atoms with van der Waals surface area (Å²) >= 11 is 0. The zero-order valence-electron chi connectivity index (χ0n) is 10.6. The van der Waals surface area contributed by atoms with Crippen LogP contribution in [0.15, 0.2) is 24.3 Å². The van der Waals surface area contributed by atoms with Gasteiger partial charge in [0.2, 0.25) is 5.91 Å². The predicted molar refractivity (Wildman–Crippen MR) is 71.8 cm³/mol. The van der Waals surface area contributed by atoms with Crippen molar-refractivity contribution in [3.8, 4) is 5.75 Å². The molecule has 4 heteroatoms. The van der Waals surface area contributed by atoms with Crippen molar-refractivity contribution in [2.24, 2.45) is 5.73 Å². The van der Waals surface area contributed by atoms with Crippen molar-refractivity contribution in [1.29, 1.82) is 0 Å². The van der Waals surface area contributed by atoms with Gasteiger partial charge >= 0.3 is 0 Å². The summed E-state index contributed by atoms with van der Waals surface area (Å²) in [6.45, 7) is 1.93. The summed E-state index contributed by atoms with van der Waals surface area (Å²) in [5.74, 6) is 0.954. The fourth-order valence-electron chi connectivity index (χ4n) is 2.16. The van der Waals surface area contributed by atoms with Gasteiger partial charge in [-0.1, -0.05) is 18.6 Å². The van der Waals surface area contributed by atoms with Crippen molar-refractivity contribution in [3.05, 3.63) is 24.3 Å². The van der Waals surface area contributed by atoms with Crippen LogP contribution >= 0.6 is 0 Å². The number of carbonyl (C=O) groups excluding carboxylic acids is 1. The van der Waals surface area contributed by atoms with Gasteiger partial charge in [0.05, 0.1) is 18.7 Å². The second-order valence-electron chi connectivity index (χ2n) is 4.46. The molecule has 0 saturated carbocycles. The number of nitrogens with two attached hydrogens (primary N) is 1. The number of nitrogens with zero attached hydrogens (tertiary/aromatic N) is 1. The van der Waals surface area contributed by atoms with Gasteiger partial charge in [-0.05, 0) is 31.5 Å². The molecule has 0 atom stereocenters. The quantitative estimate of drug-likeness (QED) is 0.810. The Morgan fingerprint density at radius 2 is 2.06 bits per heavy atom. The molecule has 18 heavy (non-hydrogen) atoms. The normalized spacial score (nSPS) is 14.9. The van der Waals surface area contributed by atoms with E-state index < -0.39 is 0 Å². The summed E-state index contributed by atoms with van der Waals surface area (Å²) in [6, 6.07) is 7.73. The Hall–Kier alpha value is -1.55. The van der Waals surface area contributed by atoms with Crippen molar-refractivity contribution in [2.45, 2.75) is 25.7 Å². The molecule has 1 aromatic carbocycles. The second kappa shape index (κ2) is 6.40. The predicted octanol–water partition coefficient (Wildman–Crippen LogP) is 1.93. The molecule has 0 aromatic heterocycles. The van der Waals surface area contributed by atoms with E-state index in [2.05, 4.69) is 0 Å². The van der Waals surface area contributed by atoms with Gasteiger partial charge in [0.15, 0.2) is 0 Å². The Morgan fingerprint density at radius 3 is 2.89 bits per heavy atom. The fourth-order valence-corrected chi connectivity index (χ4v) is 2.16. The highest BCUT2D eigenvalue weighted by atomic mass is 16.5. The van der Waals surface area contributed by atoms with Gasteiger partial charge in [-0.2, -0.15) is 0 Å². The third-order valence-electron chi connectivity index (χ3n) is 3.12. The van der Waals surface area contributed by atoms with Crippen LogP contribution in [0.4, 0.5) is 5.69 Å². The highest BCUT2D eigenvalue weighted by Crippen LogP contribution is 2.31. The Balaban J connectivity index is 2.08. The molecule has 1 aliphatic heterocycles. The molecule has 0 spiro atoms. The summed E-state index contributed by atoms with van der Waals surface area (Å²) in [4.78, 5) is 13.9. The van der Waals surface area contributed by atoms with Gasteiger partial charge in [0, 0.05) is 6.54 Å². The van der Waals surface area contributed by atoms with E-state index >= 15 is 0 Å². The third kappa shape index (κ3) is 3.01. The molecule has 1 heterocycles. The summed E-state index contributed by atoms with van der Waals surface area (Å²) in [5.41, 5.74) is 6.37. The zero-order valence-corrected chi connectivity index (χ0v) is 10.6. The molecule has 0 saturated heterocycles. The Morgan fingerprint density at radius 1 is 1.22 bits per heavy atom. The first-order valence-electron chi connectivity index (χ1n) is 6.55. The largest absolute Gasteiger partial charge is 0.491 e. The van der Waals surface area contributed by atoms with Gasteiger partial charge < -0.3 is 15.4 Å². The van der Waals surface area contributed by atoms with Gasteiger partial charge in [-0.25, -0.2) is 0 Å². The van der Waals surface area contributed by atoms with E-state index in [1.165, 1.54) is 0 Å². The first-order valence-corrected chi connectivity index (χ1v) is 6.55. The topological polar surface area (TPSA) is 55.6 Å². The lowest BCUT2D eigenvalue weighted by atomic mass is 10.2. The van der Waals surface area contributed by atoms with Crippen LogP contribution in [-0.2, 0) is 4.79 Å². The van der Waals surface area contributed by atoms with Crippen LogP contribution in [-0.4, -0.2) is 25.6 Å². The third-order valence-corrected chi connectivity index (χ3v) is 3.12. The molecule has 98 valence electrons. The molecule has 0 radical (unpaired) electrons. The molecule has 1 amide bonds. The number of ether oxygens (including phenoxy) is 1. The average molecular weight is 248 g/mol. The van der Waals surface area contributed by atoms with E-state index in [-0.39, 0.29) is 5.91 Å². The summed E-state index contributed by atoms with van der Waals surface area (Å²) in [5, 5.41) is 0. The van der Waals surface area contributed by atoms with Crippen molar-refractivity contribution in [3.63, 3.8) is 0 Å². The average Bonchev–Trinajstić information content (AvgIpc) is 2.54. The van der Waals surface area contributed by atoms with Gasteiger partial charge in [0.1, 0.15) is 5.75 Å². The fraction of sp³-hybridized carbons (Fsp3) is 0.500. The first kappa shape index (κ1) is 12.9. The van der Waals surface area contributed by atoms with Crippen molar-refractivity contribution in [2.75, 3.05) is 24.6 Å². The highest BCUT2D eigenvalue weighted by Gasteiger charge is 2.22. The number of hydrogen-bond donors (Lipinski definition) is 1. The molecule has 0 aliphatic carbocycles. The molecule has 0 bridgehead atoms. The van der Waals surface area contributed by atoms with Crippen molar-refractivity contribution in [1.82, 2.24) is 0 Å². The maximum absolute atomic E-state index is 12.1. The molecule has 1 aromatic rings. The summed E-state index contributed by atoms with van der Waals surface area (Å²) in [7, 11) is 0. The van der Waals surface area contributed by atoms with Crippen LogP contribution in [0.25, 0.3) is 0 Å². The molecule has 2 rings (SSSR count). The number of carbonyl (C=O) groups is 1. The zero-order chi connectivity index (χ0) is 12.8. The number of anilines is 1. The minimum atomic E-state index is 0.146. The van der Waals surface area contributed by atoms with Crippen molar-refractivity contribution >= 4 is 11.6 Å². The van der Waals surface area contributed by atoms with Gasteiger partial charge in [-0.15, -0.1) is 0 Å². The number of fused-ring (bicyclic) bond motifs is 1. The second-order valence-corrected chi connectivity index (χ2v) is 4.46. The molecular weight excluding hydrogens is 228 g/mol. The SMILES string of the molecule is NCCCCCN1C(=O)CCOc2ccccc21. The monoisotopic (exact) mass is 248 g/mol.